The van der Waals surface area contributed by atoms with E-state index in [-0.39, 0.29) is 17.5 Å². The van der Waals surface area contributed by atoms with E-state index >= 15 is 0 Å². The minimum atomic E-state index is -0.276. The predicted octanol–water partition coefficient (Wildman–Crippen LogP) is 5.48. The number of aliphatic hydroxyl groups is 1. The Bertz CT molecular complexity index is 738. The smallest absolute Gasteiger partial charge is 0.348 e. The van der Waals surface area contributed by atoms with Gasteiger partial charge in [-0.25, -0.2) is 4.79 Å². The van der Waals surface area contributed by atoms with Gasteiger partial charge >= 0.3 is 5.97 Å². The summed E-state index contributed by atoms with van der Waals surface area (Å²) in [6.07, 6.45) is 12.6. The molecule has 0 radical (unpaired) electrons. The minimum Gasteiger partial charge on any atom is -0.465 e. The number of rotatable bonds is 10. The monoisotopic (exact) mass is 418 g/mol. The zero-order valence-electron chi connectivity index (χ0n) is 17.7. The van der Waals surface area contributed by atoms with Gasteiger partial charge in [0.15, 0.2) is 5.78 Å². The van der Waals surface area contributed by atoms with Crippen molar-refractivity contribution in [2.75, 3.05) is 7.11 Å². The fourth-order valence-electron chi connectivity index (χ4n) is 4.91. The van der Waals surface area contributed by atoms with E-state index in [4.69, 9.17) is 4.74 Å². The zero-order chi connectivity index (χ0) is 20.9. The normalized spacial score (nSPS) is 23.2. The molecule has 0 amide bonds. The molecule has 29 heavy (non-hydrogen) atoms. The number of hydrogen-bond donors (Lipinski definition) is 1. The minimum absolute atomic E-state index is 0.140. The molecule has 1 aromatic rings. The highest BCUT2D eigenvalue weighted by Gasteiger charge is 2.41. The highest BCUT2D eigenvalue weighted by atomic mass is 32.1. The lowest BCUT2D eigenvalue weighted by Gasteiger charge is -2.45. The van der Waals surface area contributed by atoms with Crippen molar-refractivity contribution in [3.63, 3.8) is 0 Å². The fraction of sp³-hybridized carbons (Fsp3) is 0.667. The van der Waals surface area contributed by atoms with Crippen LogP contribution in [0.25, 0.3) is 0 Å². The first-order valence-electron chi connectivity index (χ1n) is 11.1. The van der Waals surface area contributed by atoms with Crippen molar-refractivity contribution in [2.45, 2.75) is 83.7 Å². The number of carbonyl (C=O) groups excluding carboxylic acids is 2. The summed E-state index contributed by atoms with van der Waals surface area (Å²) in [7, 11) is 1.40. The maximum atomic E-state index is 12.3. The molecule has 4 nitrogen and oxygen atoms in total. The summed E-state index contributed by atoms with van der Waals surface area (Å²) in [5.74, 6) is 0.368. The van der Waals surface area contributed by atoms with Gasteiger partial charge in [0.25, 0.3) is 0 Å². The molecule has 0 aromatic carbocycles. The highest BCUT2D eigenvalue weighted by Crippen LogP contribution is 2.48. The van der Waals surface area contributed by atoms with E-state index in [1.54, 1.807) is 0 Å². The van der Waals surface area contributed by atoms with Crippen LogP contribution in [0, 0.1) is 11.3 Å². The van der Waals surface area contributed by atoms with E-state index < -0.39 is 0 Å². The molecule has 2 saturated carbocycles. The van der Waals surface area contributed by atoms with Crippen LogP contribution >= 0.6 is 11.3 Å². The third kappa shape index (κ3) is 5.18. The molecule has 1 N–H and O–H groups in total. The number of aliphatic hydroxyl groups excluding tert-OH is 1. The van der Waals surface area contributed by atoms with Gasteiger partial charge in [0.1, 0.15) is 4.88 Å². The second-order valence-corrected chi connectivity index (χ2v) is 9.80. The van der Waals surface area contributed by atoms with Crippen molar-refractivity contribution in [3.05, 3.63) is 33.5 Å². The third-order valence-corrected chi connectivity index (χ3v) is 8.20. The van der Waals surface area contributed by atoms with E-state index in [0.29, 0.717) is 23.0 Å². The van der Waals surface area contributed by atoms with Crippen LogP contribution in [0.15, 0.2) is 23.8 Å². The van der Waals surface area contributed by atoms with E-state index in [1.165, 1.54) is 29.7 Å². The average Bonchev–Trinajstić information content (AvgIpc) is 3.29. The first-order valence-corrected chi connectivity index (χ1v) is 11.9. The molecule has 1 heterocycles. The van der Waals surface area contributed by atoms with Crippen LogP contribution in [0.1, 0.15) is 85.7 Å². The number of hydrogen-bond acceptors (Lipinski definition) is 5. The van der Waals surface area contributed by atoms with E-state index in [2.05, 4.69) is 13.0 Å². The Balaban J connectivity index is 1.47. The molecule has 0 spiro atoms. The molecule has 2 aliphatic carbocycles. The number of carbonyl (C=O) groups is 2. The van der Waals surface area contributed by atoms with Gasteiger partial charge in [0.2, 0.25) is 0 Å². The van der Waals surface area contributed by atoms with Crippen LogP contribution in [0.3, 0.4) is 0 Å². The van der Waals surface area contributed by atoms with Crippen LogP contribution < -0.4 is 0 Å². The van der Waals surface area contributed by atoms with Crippen molar-refractivity contribution in [1.82, 2.24) is 0 Å². The van der Waals surface area contributed by atoms with Gasteiger partial charge in [0.05, 0.1) is 13.2 Å². The fourth-order valence-corrected chi connectivity index (χ4v) is 5.88. The predicted molar refractivity (Wildman–Crippen MR) is 116 cm³/mol. The quantitative estimate of drug-likeness (QED) is 0.403. The molecule has 3 rings (SSSR count). The van der Waals surface area contributed by atoms with E-state index in [0.717, 1.165) is 63.4 Å². The Morgan fingerprint density at radius 1 is 1.41 bits per heavy atom. The summed E-state index contributed by atoms with van der Waals surface area (Å²) < 4.78 is 4.76. The van der Waals surface area contributed by atoms with Crippen molar-refractivity contribution >= 4 is 23.1 Å². The van der Waals surface area contributed by atoms with Gasteiger partial charge in [-0.15, -0.1) is 11.3 Å². The van der Waals surface area contributed by atoms with Gasteiger partial charge in [-0.05, 0) is 86.8 Å². The Labute approximate surface area is 178 Å². The number of Topliss-reactive ketones (excluding diaryl/α,β-unsaturated/α-hetero) is 1. The lowest BCUT2D eigenvalue weighted by Crippen LogP contribution is -2.40. The molecule has 1 aromatic heterocycles. The summed E-state index contributed by atoms with van der Waals surface area (Å²) in [6, 6.07) is 3.83. The molecule has 160 valence electrons. The molecule has 2 atom stereocenters. The van der Waals surface area contributed by atoms with Crippen molar-refractivity contribution in [3.8, 4) is 0 Å². The molecule has 0 aliphatic heterocycles. The molecular formula is C24H34O4S. The Kier molecular flexibility index (Phi) is 7.69. The molecule has 1 unspecified atom stereocenters. The van der Waals surface area contributed by atoms with Crippen LogP contribution in [0.2, 0.25) is 0 Å². The maximum absolute atomic E-state index is 12.3. The highest BCUT2D eigenvalue weighted by molar-refractivity contribution is 7.13. The van der Waals surface area contributed by atoms with Gasteiger partial charge in [-0.1, -0.05) is 19.4 Å². The summed E-state index contributed by atoms with van der Waals surface area (Å²) in [6.45, 7) is 2.18. The zero-order valence-corrected chi connectivity index (χ0v) is 18.6. The SMILES string of the molecule is CCC1(C(O)CC/C=C2/C(=O)CC[C@@H]2CCCc2ccc(C(=O)OC)s2)CCC1. The molecule has 0 bridgehead atoms. The number of esters is 1. The van der Waals surface area contributed by atoms with Crippen molar-refractivity contribution in [2.24, 2.45) is 11.3 Å². The van der Waals surface area contributed by atoms with Crippen LogP contribution in [0.5, 0.6) is 0 Å². The lowest BCUT2D eigenvalue weighted by molar-refractivity contribution is -0.114. The molecular weight excluding hydrogens is 384 g/mol. The third-order valence-electron chi connectivity index (χ3n) is 7.07. The van der Waals surface area contributed by atoms with Crippen LogP contribution in [-0.4, -0.2) is 30.1 Å². The maximum Gasteiger partial charge on any atom is 0.348 e. The number of aryl methyl sites for hydroxylation is 1. The Morgan fingerprint density at radius 2 is 2.21 bits per heavy atom. The van der Waals surface area contributed by atoms with Gasteiger partial charge < -0.3 is 9.84 Å². The topological polar surface area (TPSA) is 63.6 Å². The second kappa shape index (κ2) is 10.0. The standard InChI is InChI=1S/C24H34O4S/c1-3-24(15-6-16-24)22(26)10-5-9-19-17(11-13-20(19)25)7-4-8-18-12-14-21(29-18)23(27)28-2/h9,12,14,17,22,26H,3-8,10-11,13,15-16H2,1-2H3/b19-9+/t17-,22?/m0/s1. The van der Waals surface area contributed by atoms with E-state index in [9.17, 15) is 14.7 Å². The summed E-state index contributed by atoms with van der Waals surface area (Å²) in [5, 5.41) is 10.6. The summed E-state index contributed by atoms with van der Waals surface area (Å²) in [5.41, 5.74) is 1.14. The van der Waals surface area contributed by atoms with Crippen molar-refractivity contribution < 1.29 is 19.4 Å². The summed E-state index contributed by atoms with van der Waals surface area (Å²) >= 11 is 1.49. The number of thiophene rings is 1. The number of allylic oxidation sites excluding steroid dienone is 2. The van der Waals surface area contributed by atoms with Gasteiger partial charge in [0, 0.05) is 11.3 Å². The van der Waals surface area contributed by atoms with Crippen LogP contribution in [0.4, 0.5) is 0 Å². The number of methoxy groups -OCH3 is 1. The molecule has 5 heteroatoms. The van der Waals surface area contributed by atoms with E-state index in [1.807, 2.05) is 12.1 Å². The Morgan fingerprint density at radius 3 is 2.86 bits per heavy atom. The first-order chi connectivity index (χ1) is 14.0. The van der Waals surface area contributed by atoms with Gasteiger partial charge in [-0.3, -0.25) is 4.79 Å². The number of ether oxygens (including phenoxy) is 1. The van der Waals surface area contributed by atoms with Crippen LogP contribution in [-0.2, 0) is 16.0 Å². The van der Waals surface area contributed by atoms with Crippen molar-refractivity contribution in [1.29, 1.82) is 0 Å². The molecule has 0 saturated heterocycles. The lowest BCUT2D eigenvalue weighted by atomic mass is 9.62. The summed E-state index contributed by atoms with van der Waals surface area (Å²) in [4.78, 5) is 25.7. The first kappa shape index (κ1) is 22.2. The Hall–Kier alpha value is -1.46. The molecule has 2 fully saturated rings. The number of ketones is 1. The van der Waals surface area contributed by atoms with Gasteiger partial charge in [-0.2, -0.15) is 0 Å². The molecule has 2 aliphatic rings. The second-order valence-electron chi connectivity index (χ2n) is 8.63. The largest absolute Gasteiger partial charge is 0.465 e. The average molecular weight is 419 g/mol.